The lowest BCUT2D eigenvalue weighted by Gasteiger charge is -2.23. The maximum absolute atomic E-state index is 12.6. The summed E-state index contributed by atoms with van der Waals surface area (Å²) >= 11 is 0. The molecule has 0 fully saturated rings. The molecule has 0 radical (unpaired) electrons. The number of non-ortho nitro benzene ring substituents is 1. The molecular formula is C27H23N5O4. The molecule has 4 rings (SSSR count). The van der Waals surface area contributed by atoms with Crippen LogP contribution >= 0.6 is 0 Å². The first-order valence-corrected chi connectivity index (χ1v) is 11.1. The summed E-state index contributed by atoms with van der Waals surface area (Å²) in [5.74, 6) is 2.95. The van der Waals surface area contributed by atoms with Gasteiger partial charge in [0.05, 0.1) is 22.4 Å². The highest BCUT2D eigenvalue weighted by Crippen LogP contribution is 2.20. The van der Waals surface area contributed by atoms with Gasteiger partial charge in [0.15, 0.2) is 0 Å². The summed E-state index contributed by atoms with van der Waals surface area (Å²) in [7, 11) is 0. The number of terminal acetylenes is 1. The highest BCUT2D eigenvalue weighted by Gasteiger charge is 2.11. The maximum atomic E-state index is 12.6. The number of nitro groups is 1. The summed E-state index contributed by atoms with van der Waals surface area (Å²) in [5, 5.41) is 14.1. The van der Waals surface area contributed by atoms with Crippen LogP contribution in [-0.2, 0) is 13.1 Å². The summed E-state index contributed by atoms with van der Waals surface area (Å²) in [5.41, 5.74) is 3.40. The zero-order chi connectivity index (χ0) is 25.7. The second kappa shape index (κ2) is 10.5. The zero-order valence-electron chi connectivity index (χ0n) is 19.5. The first-order valence-electron chi connectivity index (χ1n) is 11.1. The van der Waals surface area contributed by atoms with Crippen LogP contribution in [0.3, 0.4) is 0 Å². The largest absolute Gasteiger partial charge is 0.356 e. The average Bonchev–Trinajstić information content (AvgIpc) is 2.87. The highest BCUT2D eigenvalue weighted by molar-refractivity contribution is 5.94. The molecule has 3 aromatic carbocycles. The molecule has 0 spiro atoms. The number of amides is 1. The van der Waals surface area contributed by atoms with Gasteiger partial charge in [-0.25, -0.2) is 4.98 Å². The molecule has 0 aliphatic rings. The maximum Gasteiger partial charge on any atom is 0.269 e. The first kappa shape index (κ1) is 24.2. The monoisotopic (exact) mass is 481 g/mol. The average molecular weight is 482 g/mol. The lowest BCUT2D eigenvalue weighted by Crippen LogP contribution is -2.24. The number of aromatic nitrogens is 2. The van der Waals surface area contributed by atoms with Gasteiger partial charge in [-0.05, 0) is 54.4 Å². The quantitative estimate of drug-likeness (QED) is 0.225. The number of carbonyl (C=O) groups is 1. The van der Waals surface area contributed by atoms with Crippen LogP contribution < -0.4 is 15.8 Å². The molecule has 0 atom stereocenters. The number of fused-ring (bicyclic) bond motifs is 1. The fraction of sp³-hybridized carbons (Fsp3) is 0.148. The van der Waals surface area contributed by atoms with Crippen LogP contribution in [-0.4, -0.2) is 27.3 Å². The van der Waals surface area contributed by atoms with Gasteiger partial charge in [0, 0.05) is 36.5 Å². The second-order valence-corrected chi connectivity index (χ2v) is 8.22. The van der Waals surface area contributed by atoms with E-state index in [1.54, 1.807) is 31.2 Å². The van der Waals surface area contributed by atoms with Crippen LogP contribution in [0.4, 0.5) is 11.4 Å². The normalized spacial score (nSPS) is 10.6. The van der Waals surface area contributed by atoms with Crippen LogP contribution in [0.1, 0.15) is 27.3 Å². The third-order valence-electron chi connectivity index (χ3n) is 5.64. The summed E-state index contributed by atoms with van der Waals surface area (Å²) < 4.78 is 0. The van der Waals surface area contributed by atoms with Crippen LogP contribution in [0.15, 0.2) is 71.5 Å². The standard InChI is InChI=1S/C27H23N5O4/c1-3-14-31(17-20-6-13-25-24(15-20)27(34)30-18(2)29-25)22-11-7-21(8-12-22)26(33)28-16-19-4-9-23(10-5-19)32(35)36/h1,4-13,15H,14,16-17H2,2H3,(H,28,33)(H,29,30,34). The number of nitrogens with one attached hydrogen (secondary N) is 2. The molecule has 36 heavy (non-hydrogen) atoms. The van der Waals surface area contributed by atoms with Crippen molar-refractivity contribution in [1.82, 2.24) is 15.3 Å². The van der Waals surface area contributed by atoms with E-state index in [1.165, 1.54) is 12.1 Å². The summed E-state index contributed by atoms with van der Waals surface area (Å²) in [6, 6.07) is 18.6. The molecule has 0 saturated carbocycles. The highest BCUT2D eigenvalue weighted by atomic mass is 16.6. The molecular weight excluding hydrogens is 458 g/mol. The SMILES string of the molecule is C#CCN(Cc1ccc2nc(C)[nH]c(=O)c2c1)c1ccc(C(=O)NCc2ccc([N+](=O)[O-])cc2)cc1. The topological polar surface area (TPSA) is 121 Å². The Morgan fingerprint density at radius 1 is 1.11 bits per heavy atom. The van der Waals surface area contributed by atoms with E-state index in [0.717, 1.165) is 16.8 Å². The fourth-order valence-electron chi connectivity index (χ4n) is 3.81. The van der Waals surface area contributed by atoms with Gasteiger partial charge in [-0.3, -0.25) is 19.7 Å². The zero-order valence-corrected chi connectivity index (χ0v) is 19.5. The third kappa shape index (κ3) is 5.56. The molecule has 1 heterocycles. The minimum Gasteiger partial charge on any atom is -0.356 e. The van der Waals surface area contributed by atoms with Gasteiger partial charge in [-0.15, -0.1) is 6.42 Å². The Morgan fingerprint density at radius 3 is 2.47 bits per heavy atom. The lowest BCUT2D eigenvalue weighted by molar-refractivity contribution is -0.384. The number of hydrogen-bond donors (Lipinski definition) is 2. The summed E-state index contributed by atoms with van der Waals surface area (Å²) in [6.07, 6.45) is 5.59. The third-order valence-corrected chi connectivity index (χ3v) is 5.64. The molecule has 1 aromatic heterocycles. The minimum atomic E-state index is -0.467. The molecule has 9 heteroatoms. The Balaban J connectivity index is 1.44. The predicted octanol–water partition coefficient (Wildman–Crippen LogP) is 3.71. The van der Waals surface area contributed by atoms with Crippen molar-refractivity contribution >= 4 is 28.2 Å². The number of anilines is 1. The van der Waals surface area contributed by atoms with E-state index >= 15 is 0 Å². The predicted molar refractivity (Wildman–Crippen MR) is 138 cm³/mol. The van der Waals surface area contributed by atoms with E-state index in [2.05, 4.69) is 21.2 Å². The van der Waals surface area contributed by atoms with Crippen LogP contribution in [0, 0.1) is 29.4 Å². The van der Waals surface area contributed by atoms with Crippen molar-refractivity contribution in [1.29, 1.82) is 0 Å². The molecule has 0 aliphatic heterocycles. The second-order valence-electron chi connectivity index (χ2n) is 8.22. The molecule has 4 aromatic rings. The Kier molecular flexibility index (Phi) is 7.07. The Labute approximate surface area is 207 Å². The van der Waals surface area contributed by atoms with E-state index in [0.29, 0.717) is 35.4 Å². The fourth-order valence-corrected chi connectivity index (χ4v) is 3.81. The van der Waals surface area contributed by atoms with Gasteiger partial charge in [0.1, 0.15) is 5.82 Å². The van der Waals surface area contributed by atoms with E-state index in [-0.39, 0.29) is 23.7 Å². The van der Waals surface area contributed by atoms with Crippen molar-refractivity contribution in [2.45, 2.75) is 20.0 Å². The van der Waals surface area contributed by atoms with Gasteiger partial charge in [-0.1, -0.05) is 24.1 Å². The Morgan fingerprint density at radius 2 is 1.81 bits per heavy atom. The number of H-pyrrole nitrogens is 1. The van der Waals surface area contributed by atoms with E-state index < -0.39 is 4.92 Å². The summed E-state index contributed by atoms with van der Waals surface area (Å²) in [6.45, 7) is 2.80. The van der Waals surface area contributed by atoms with Crippen molar-refractivity contribution in [3.63, 3.8) is 0 Å². The van der Waals surface area contributed by atoms with Gasteiger partial charge in [0.2, 0.25) is 0 Å². The number of benzene rings is 3. The minimum absolute atomic E-state index is 0.000516. The van der Waals surface area contributed by atoms with E-state index in [4.69, 9.17) is 6.42 Å². The number of carbonyl (C=O) groups excluding carboxylic acids is 1. The van der Waals surface area contributed by atoms with Crippen molar-refractivity contribution in [2.24, 2.45) is 0 Å². The van der Waals surface area contributed by atoms with Crippen molar-refractivity contribution in [3.8, 4) is 12.3 Å². The molecule has 0 saturated heterocycles. The molecule has 0 unspecified atom stereocenters. The summed E-state index contributed by atoms with van der Waals surface area (Å²) in [4.78, 5) is 44.2. The van der Waals surface area contributed by atoms with Crippen LogP contribution in [0.5, 0.6) is 0 Å². The molecule has 0 aliphatic carbocycles. The van der Waals surface area contributed by atoms with Crippen LogP contribution in [0.2, 0.25) is 0 Å². The van der Waals surface area contributed by atoms with Gasteiger partial charge >= 0.3 is 0 Å². The number of nitrogens with zero attached hydrogens (tertiary/aromatic N) is 3. The van der Waals surface area contributed by atoms with Gasteiger partial charge in [0.25, 0.3) is 17.2 Å². The number of hydrogen-bond acceptors (Lipinski definition) is 6. The number of aryl methyl sites for hydroxylation is 1. The van der Waals surface area contributed by atoms with Crippen LogP contribution in [0.25, 0.3) is 10.9 Å². The van der Waals surface area contributed by atoms with E-state index in [9.17, 15) is 19.7 Å². The lowest BCUT2D eigenvalue weighted by atomic mass is 10.1. The molecule has 9 nitrogen and oxygen atoms in total. The Hall–Kier alpha value is -4.97. The molecule has 180 valence electrons. The molecule has 0 bridgehead atoms. The smallest absolute Gasteiger partial charge is 0.269 e. The Bertz CT molecular complexity index is 1520. The van der Waals surface area contributed by atoms with Gasteiger partial charge < -0.3 is 15.2 Å². The first-order chi connectivity index (χ1) is 17.3. The number of aromatic amines is 1. The molecule has 2 N–H and O–H groups in total. The van der Waals surface area contributed by atoms with Crippen molar-refractivity contribution in [3.05, 3.63) is 110 Å². The number of nitro benzene ring substituents is 1. The van der Waals surface area contributed by atoms with Crippen molar-refractivity contribution in [2.75, 3.05) is 11.4 Å². The van der Waals surface area contributed by atoms with E-state index in [1.807, 2.05) is 35.2 Å². The van der Waals surface area contributed by atoms with Gasteiger partial charge in [-0.2, -0.15) is 0 Å². The molecule has 1 amide bonds. The van der Waals surface area contributed by atoms with Crippen molar-refractivity contribution < 1.29 is 9.72 Å². The number of rotatable bonds is 8.